The second kappa shape index (κ2) is 6.44. The van der Waals surface area contributed by atoms with Crippen molar-refractivity contribution < 1.29 is 4.79 Å². The molecule has 0 aliphatic heterocycles. The molecule has 2 rings (SSSR count). The number of carbonyl (C=O) groups is 1. The molecule has 2 N–H and O–H groups in total. The van der Waals surface area contributed by atoms with Crippen molar-refractivity contribution in [1.82, 2.24) is 15.3 Å². The summed E-state index contributed by atoms with van der Waals surface area (Å²) < 4.78 is 0.904. The molecule has 0 bridgehead atoms. The molecular formula is C16H19BrN4O. The summed E-state index contributed by atoms with van der Waals surface area (Å²) in [6, 6.07) is 9.34. The molecule has 0 unspecified atom stereocenters. The zero-order valence-electron chi connectivity index (χ0n) is 13.1. The summed E-state index contributed by atoms with van der Waals surface area (Å²) in [7, 11) is 0. The number of hydrogen-bond donors (Lipinski definition) is 2. The minimum atomic E-state index is -0.314. The van der Waals surface area contributed by atoms with Gasteiger partial charge in [-0.15, -0.1) is 0 Å². The summed E-state index contributed by atoms with van der Waals surface area (Å²) in [5.41, 5.74) is 1.60. The lowest BCUT2D eigenvalue weighted by Gasteiger charge is -2.20. The van der Waals surface area contributed by atoms with Crippen LogP contribution in [-0.4, -0.2) is 21.4 Å². The van der Waals surface area contributed by atoms with Gasteiger partial charge in [0.05, 0.1) is 5.69 Å². The van der Waals surface area contributed by atoms with E-state index in [0.29, 0.717) is 11.6 Å². The zero-order valence-corrected chi connectivity index (χ0v) is 14.7. The quantitative estimate of drug-likeness (QED) is 0.870. The maximum Gasteiger partial charge on any atom is 0.270 e. The van der Waals surface area contributed by atoms with Gasteiger partial charge in [-0.1, -0.05) is 12.1 Å². The molecule has 0 aliphatic rings. The van der Waals surface area contributed by atoms with Gasteiger partial charge >= 0.3 is 0 Å². The third-order valence-corrected chi connectivity index (χ3v) is 3.39. The highest BCUT2D eigenvalue weighted by Crippen LogP contribution is 2.24. The van der Waals surface area contributed by atoms with E-state index in [1.54, 1.807) is 6.07 Å². The Morgan fingerprint density at radius 1 is 1.18 bits per heavy atom. The first-order valence-electron chi connectivity index (χ1n) is 6.94. The highest BCUT2D eigenvalue weighted by atomic mass is 79.9. The highest BCUT2D eigenvalue weighted by Gasteiger charge is 2.17. The van der Waals surface area contributed by atoms with Gasteiger partial charge in [0.15, 0.2) is 0 Å². The van der Waals surface area contributed by atoms with Gasteiger partial charge in [-0.05, 0) is 61.8 Å². The largest absolute Gasteiger partial charge is 0.346 e. The maximum absolute atomic E-state index is 12.2. The van der Waals surface area contributed by atoms with Gasteiger partial charge in [0.2, 0.25) is 5.95 Å². The lowest BCUT2D eigenvalue weighted by Crippen LogP contribution is -2.41. The van der Waals surface area contributed by atoms with Crippen molar-refractivity contribution in [2.75, 3.05) is 5.32 Å². The van der Waals surface area contributed by atoms with Crippen LogP contribution in [0.4, 0.5) is 11.6 Å². The second-order valence-corrected chi connectivity index (χ2v) is 6.88. The van der Waals surface area contributed by atoms with Crippen LogP contribution in [0.2, 0.25) is 0 Å². The lowest BCUT2D eigenvalue weighted by atomic mass is 10.1. The Balaban J connectivity index is 2.27. The molecule has 0 spiro atoms. The van der Waals surface area contributed by atoms with E-state index in [1.807, 2.05) is 52.0 Å². The normalized spacial score (nSPS) is 11.1. The molecule has 2 aromatic rings. The monoisotopic (exact) mass is 362 g/mol. The zero-order chi connectivity index (χ0) is 16.3. The lowest BCUT2D eigenvalue weighted by molar-refractivity contribution is 0.0914. The molecule has 0 fully saturated rings. The number of halogens is 1. The minimum Gasteiger partial charge on any atom is -0.346 e. The fourth-order valence-electron chi connectivity index (χ4n) is 1.83. The highest BCUT2D eigenvalue weighted by molar-refractivity contribution is 9.10. The Bertz CT molecular complexity index is 695. The van der Waals surface area contributed by atoms with E-state index in [9.17, 15) is 4.79 Å². The minimum absolute atomic E-state index is 0.215. The summed E-state index contributed by atoms with van der Waals surface area (Å²) >= 11 is 3.46. The van der Waals surface area contributed by atoms with E-state index in [4.69, 9.17) is 0 Å². The SMILES string of the molecule is Cc1cc(C(=O)NC(C)(C)C)nc(Nc2ccccc2Br)n1. The van der Waals surface area contributed by atoms with Gasteiger partial charge < -0.3 is 10.6 Å². The molecule has 1 amide bonds. The van der Waals surface area contributed by atoms with Crippen LogP contribution in [0, 0.1) is 6.92 Å². The first kappa shape index (κ1) is 16.4. The van der Waals surface area contributed by atoms with Gasteiger partial charge in [-0.25, -0.2) is 9.97 Å². The van der Waals surface area contributed by atoms with E-state index in [-0.39, 0.29) is 11.4 Å². The number of aromatic nitrogens is 2. The van der Waals surface area contributed by atoms with E-state index in [0.717, 1.165) is 15.9 Å². The Morgan fingerprint density at radius 3 is 2.50 bits per heavy atom. The maximum atomic E-state index is 12.2. The number of amides is 1. The predicted molar refractivity (Wildman–Crippen MR) is 91.4 cm³/mol. The van der Waals surface area contributed by atoms with Gasteiger partial charge in [-0.3, -0.25) is 4.79 Å². The van der Waals surface area contributed by atoms with Crippen LogP contribution in [0.25, 0.3) is 0 Å². The Morgan fingerprint density at radius 2 is 1.86 bits per heavy atom. The number of hydrogen-bond acceptors (Lipinski definition) is 4. The predicted octanol–water partition coefficient (Wildman–Crippen LogP) is 3.82. The Kier molecular flexibility index (Phi) is 4.81. The molecule has 1 aromatic carbocycles. The molecular weight excluding hydrogens is 344 g/mol. The van der Waals surface area contributed by atoms with Crippen molar-refractivity contribution in [3.8, 4) is 0 Å². The number of aryl methyl sites for hydroxylation is 1. The van der Waals surface area contributed by atoms with E-state index in [2.05, 4.69) is 36.5 Å². The molecule has 0 radical (unpaired) electrons. The third-order valence-electron chi connectivity index (χ3n) is 2.70. The number of nitrogens with one attached hydrogen (secondary N) is 2. The molecule has 5 nitrogen and oxygen atoms in total. The number of rotatable bonds is 3. The number of carbonyl (C=O) groups excluding carboxylic acids is 1. The van der Waals surface area contributed by atoms with Crippen molar-refractivity contribution in [2.24, 2.45) is 0 Å². The van der Waals surface area contributed by atoms with Crippen molar-refractivity contribution >= 4 is 33.5 Å². The molecule has 0 atom stereocenters. The van der Waals surface area contributed by atoms with E-state index < -0.39 is 0 Å². The molecule has 1 aromatic heterocycles. The van der Waals surface area contributed by atoms with Crippen molar-refractivity contribution in [3.05, 3.63) is 46.2 Å². The average Bonchev–Trinajstić information content (AvgIpc) is 2.39. The van der Waals surface area contributed by atoms with Crippen LogP contribution < -0.4 is 10.6 Å². The van der Waals surface area contributed by atoms with Gasteiger partial charge in [0.1, 0.15) is 5.69 Å². The first-order chi connectivity index (χ1) is 10.2. The molecule has 116 valence electrons. The molecule has 0 aliphatic carbocycles. The van der Waals surface area contributed by atoms with Crippen LogP contribution in [0.3, 0.4) is 0 Å². The topological polar surface area (TPSA) is 66.9 Å². The van der Waals surface area contributed by atoms with Gasteiger partial charge in [0, 0.05) is 15.7 Å². The van der Waals surface area contributed by atoms with Crippen LogP contribution in [-0.2, 0) is 0 Å². The summed E-state index contributed by atoms with van der Waals surface area (Å²) in [6.45, 7) is 7.62. The number of anilines is 2. The van der Waals surface area contributed by atoms with E-state index >= 15 is 0 Å². The fourth-order valence-corrected chi connectivity index (χ4v) is 2.21. The van der Waals surface area contributed by atoms with Crippen molar-refractivity contribution in [1.29, 1.82) is 0 Å². The number of para-hydroxylation sites is 1. The molecule has 22 heavy (non-hydrogen) atoms. The summed E-state index contributed by atoms with van der Waals surface area (Å²) in [4.78, 5) is 20.9. The Hall–Kier alpha value is -1.95. The van der Waals surface area contributed by atoms with Gasteiger partial charge in [-0.2, -0.15) is 0 Å². The molecule has 6 heteroatoms. The Labute approximate surface area is 138 Å². The summed E-state index contributed by atoms with van der Waals surface area (Å²) in [5.74, 6) is 0.180. The summed E-state index contributed by atoms with van der Waals surface area (Å²) in [6.07, 6.45) is 0. The number of nitrogens with zero attached hydrogens (tertiary/aromatic N) is 2. The first-order valence-corrected chi connectivity index (χ1v) is 7.74. The van der Waals surface area contributed by atoms with Crippen LogP contribution >= 0.6 is 15.9 Å². The van der Waals surface area contributed by atoms with E-state index in [1.165, 1.54) is 0 Å². The van der Waals surface area contributed by atoms with Crippen LogP contribution in [0.15, 0.2) is 34.8 Å². The van der Waals surface area contributed by atoms with Crippen LogP contribution in [0.5, 0.6) is 0 Å². The third kappa shape index (κ3) is 4.53. The standard InChI is InChI=1S/C16H19BrN4O/c1-10-9-13(14(22)21-16(2,3)4)20-15(18-10)19-12-8-6-5-7-11(12)17/h5-9H,1-4H3,(H,21,22)(H,18,19,20). The van der Waals surface area contributed by atoms with Crippen molar-refractivity contribution in [3.63, 3.8) is 0 Å². The molecule has 0 saturated heterocycles. The molecule has 1 heterocycles. The number of benzene rings is 1. The van der Waals surface area contributed by atoms with Gasteiger partial charge in [0.25, 0.3) is 5.91 Å². The average molecular weight is 363 g/mol. The fraction of sp³-hybridized carbons (Fsp3) is 0.312. The smallest absolute Gasteiger partial charge is 0.270 e. The second-order valence-electron chi connectivity index (χ2n) is 6.03. The van der Waals surface area contributed by atoms with Crippen LogP contribution in [0.1, 0.15) is 37.0 Å². The molecule has 0 saturated carbocycles. The van der Waals surface area contributed by atoms with Crippen molar-refractivity contribution in [2.45, 2.75) is 33.2 Å². The summed E-state index contributed by atoms with van der Waals surface area (Å²) in [5, 5.41) is 6.02.